The van der Waals surface area contributed by atoms with Crippen molar-refractivity contribution in [2.45, 2.75) is 52.0 Å². The average molecular weight is 401 g/mol. The van der Waals surface area contributed by atoms with E-state index in [1.165, 1.54) is 32.2 Å². The van der Waals surface area contributed by atoms with Gasteiger partial charge in [-0.1, -0.05) is 44.1 Å². The number of urea groups is 1. The Balaban J connectivity index is 1.78. The number of nitrogens with zero attached hydrogens (tertiary/aromatic N) is 1. The summed E-state index contributed by atoms with van der Waals surface area (Å²) in [4.78, 5) is 15.0. The van der Waals surface area contributed by atoms with Crippen molar-refractivity contribution in [1.29, 1.82) is 0 Å². The highest BCUT2D eigenvalue weighted by molar-refractivity contribution is 5.73. The van der Waals surface area contributed by atoms with Crippen LogP contribution in [0.15, 0.2) is 23.8 Å². The van der Waals surface area contributed by atoms with Gasteiger partial charge in [-0.15, -0.1) is 0 Å². The van der Waals surface area contributed by atoms with Gasteiger partial charge in [0, 0.05) is 26.2 Å². The number of carbonyl (C=O) groups excluding carboxylic acids is 1. The van der Waals surface area contributed by atoms with Crippen molar-refractivity contribution in [3.63, 3.8) is 0 Å². The molecular formula is C24H40N4O. The van der Waals surface area contributed by atoms with Gasteiger partial charge in [0.05, 0.1) is 0 Å². The normalized spacial score (nSPS) is 38.4. The quantitative estimate of drug-likeness (QED) is 0.679. The van der Waals surface area contributed by atoms with E-state index in [9.17, 15) is 4.79 Å². The highest BCUT2D eigenvalue weighted by Gasteiger charge is 2.58. The van der Waals surface area contributed by atoms with Crippen LogP contribution >= 0.6 is 0 Å². The van der Waals surface area contributed by atoms with Gasteiger partial charge >= 0.3 is 6.03 Å². The fraction of sp³-hybridized carbons (Fsp3) is 0.792. The molecule has 2 aliphatic heterocycles. The summed E-state index contributed by atoms with van der Waals surface area (Å²) < 4.78 is 0. The van der Waals surface area contributed by atoms with Gasteiger partial charge in [0.25, 0.3) is 0 Å². The lowest BCUT2D eigenvalue weighted by Gasteiger charge is -2.60. The second kappa shape index (κ2) is 8.81. The van der Waals surface area contributed by atoms with E-state index in [1.807, 2.05) is 0 Å². The Morgan fingerprint density at radius 2 is 2.07 bits per heavy atom. The predicted octanol–water partition coefficient (Wildman–Crippen LogP) is 3.15. The highest BCUT2D eigenvalue weighted by atomic mass is 16.2. The van der Waals surface area contributed by atoms with Crippen LogP contribution < -0.4 is 16.0 Å². The number of nitrogens with one attached hydrogen (secondary N) is 3. The standard InChI is InChI=1S/C24H40N4O/c1-4-28-15-18-8-5-7-17(2)22(18)24(16-28,19-11-13-26-14-12-19)20-9-6-10-21(20)27-23(29)25-3/h5,7-8,17,19-22,26H,4,6,9-16H2,1-3H3,(H2,25,27,29)/t17?,20-,21?,22?,24?/m0/s1. The van der Waals surface area contributed by atoms with Crippen molar-refractivity contribution in [2.24, 2.45) is 29.1 Å². The first-order valence-electron chi connectivity index (χ1n) is 11.9. The van der Waals surface area contributed by atoms with Gasteiger partial charge in [-0.2, -0.15) is 0 Å². The zero-order valence-corrected chi connectivity index (χ0v) is 18.5. The van der Waals surface area contributed by atoms with Gasteiger partial charge in [0.15, 0.2) is 0 Å². The first kappa shape index (κ1) is 20.9. The van der Waals surface area contributed by atoms with Crippen LogP contribution in [0.4, 0.5) is 4.79 Å². The summed E-state index contributed by atoms with van der Waals surface area (Å²) in [5, 5.41) is 9.76. The van der Waals surface area contributed by atoms with Crippen LogP contribution in [0, 0.1) is 29.1 Å². The molecule has 0 radical (unpaired) electrons. The van der Waals surface area contributed by atoms with E-state index in [1.54, 1.807) is 12.6 Å². The Labute approximate surface area is 176 Å². The molecule has 5 heteroatoms. The zero-order valence-electron chi connectivity index (χ0n) is 18.5. The van der Waals surface area contributed by atoms with E-state index in [0.717, 1.165) is 38.5 Å². The fourth-order valence-electron chi connectivity index (χ4n) is 7.33. The summed E-state index contributed by atoms with van der Waals surface area (Å²) in [6.07, 6.45) is 13.3. The van der Waals surface area contributed by atoms with Crippen molar-refractivity contribution in [2.75, 3.05) is 39.8 Å². The molecular weight excluding hydrogens is 360 g/mol. The molecule has 2 heterocycles. The Bertz CT molecular complexity index is 653. The summed E-state index contributed by atoms with van der Waals surface area (Å²) in [6.45, 7) is 10.4. The molecule has 2 amide bonds. The van der Waals surface area contributed by atoms with Crippen LogP contribution in [-0.2, 0) is 0 Å². The Hall–Kier alpha value is -1.33. The number of carbonyl (C=O) groups is 1. The molecule has 0 spiro atoms. The summed E-state index contributed by atoms with van der Waals surface area (Å²) in [5.41, 5.74) is 1.88. The fourth-order valence-corrected chi connectivity index (χ4v) is 7.33. The highest BCUT2D eigenvalue weighted by Crippen LogP contribution is 2.59. The first-order valence-corrected chi connectivity index (χ1v) is 11.9. The second-order valence-electron chi connectivity index (χ2n) is 9.77. The van der Waals surface area contributed by atoms with Crippen molar-refractivity contribution in [3.8, 4) is 0 Å². The number of hydrogen-bond donors (Lipinski definition) is 3. The zero-order chi connectivity index (χ0) is 20.4. The molecule has 162 valence electrons. The minimum absolute atomic E-state index is 0.0159. The minimum Gasteiger partial charge on any atom is -0.341 e. The lowest BCUT2D eigenvalue weighted by molar-refractivity contribution is -0.0690. The SMILES string of the molecule is CCN1CC2=CC=CC(C)C2C(C2CCNCC2)([C@H]2CCCC2NC(=O)NC)C1. The maximum atomic E-state index is 12.3. The molecule has 0 bridgehead atoms. The smallest absolute Gasteiger partial charge is 0.314 e. The summed E-state index contributed by atoms with van der Waals surface area (Å²) >= 11 is 0. The largest absolute Gasteiger partial charge is 0.341 e. The number of rotatable bonds is 4. The molecule has 4 rings (SSSR count). The van der Waals surface area contributed by atoms with Crippen LogP contribution in [0.5, 0.6) is 0 Å². The van der Waals surface area contributed by atoms with E-state index in [-0.39, 0.29) is 11.4 Å². The molecule has 4 aliphatic rings. The molecule has 5 atom stereocenters. The van der Waals surface area contributed by atoms with Crippen LogP contribution in [0.25, 0.3) is 0 Å². The maximum Gasteiger partial charge on any atom is 0.314 e. The van der Waals surface area contributed by atoms with Gasteiger partial charge in [-0.05, 0) is 74.4 Å². The number of amides is 2. The van der Waals surface area contributed by atoms with Crippen molar-refractivity contribution < 1.29 is 4.79 Å². The molecule has 0 aromatic heterocycles. The number of fused-ring (bicyclic) bond motifs is 1. The third-order valence-electron chi connectivity index (χ3n) is 8.43. The number of likely N-dealkylation sites (tertiary alicyclic amines) is 1. The number of likely N-dealkylation sites (N-methyl/N-ethyl adjacent to an activating group) is 1. The third kappa shape index (κ3) is 3.76. The second-order valence-corrected chi connectivity index (χ2v) is 9.77. The van der Waals surface area contributed by atoms with Gasteiger partial charge < -0.3 is 16.0 Å². The molecule has 3 fully saturated rings. The lowest BCUT2D eigenvalue weighted by Crippen LogP contribution is -2.63. The molecule has 2 aliphatic carbocycles. The van der Waals surface area contributed by atoms with E-state index in [0.29, 0.717) is 23.8 Å². The van der Waals surface area contributed by atoms with Gasteiger partial charge in [0.2, 0.25) is 0 Å². The van der Waals surface area contributed by atoms with Gasteiger partial charge in [0.1, 0.15) is 0 Å². The molecule has 2 saturated heterocycles. The van der Waals surface area contributed by atoms with Crippen molar-refractivity contribution in [1.82, 2.24) is 20.9 Å². The molecule has 3 N–H and O–H groups in total. The molecule has 0 aromatic rings. The number of hydrogen-bond acceptors (Lipinski definition) is 3. The first-order chi connectivity index (χ1) is 14.1. The number of piperidine rings is 2. The van der Waals surface area contributed by atoms with Crippen molar-refractivity contribution in [3.05, 3.63) is 23.8 Å². The van der Waals surface area contributed by atoms with Crippen LogP contribution in [0.1, 0.15) is 46.0 Å². The Morgan fingerprint density at radius 1 is 1.28 bits per heavy atom. The molecule has 29 heavy (non-hydrogen) atoms. The predicted molar refractivity (Wildman–Crippen MR) is 119 cm³/mol. The van der Waals surface area contributed by atoms with Crippen LogP contribution in [-0.4, -0.2) is 56.7 Å². The summed E-state index contributed by atoms with van der Waals surface area (Å²) in [7, 11) is 1.73. The minimum atomic E-state index is -0.0159. The van der Waals surface area contributed by atoms with Crippen LogP contribution in [0.3, 0.4) is 0 Å². The third-order valence-corrected chi connectivity index (χ3v) is 8.43. The Kier molecular flexibility index (Phi) is 6.35. The van der Waals surface area contributed by atoms with E-state index < -0.39 is 0 Å². The summed E-state index contributed by atoms with van der Waals surface area (Å²) in [5.74, 6) is 2.46. The van der Waals surface area contributed by atoms with Crippen LogP contribution in [0.2, 0.25) is 0 Å². The maximum absolute atomic E-state index is 12.3. The summed E-state index contributed by atoms with van der Waals surface area (Å²) in [6, 6.07) is 0.277. The molecule has 1 saturated carbocycles. The molecule has 5 nitrogen and oxygen atoms in total. The topological polar surface area (TPSA) is 56.4 Å². The van der Waals surface area contributed by atoms with E-state index >= 15 is 0 Å². The van der Waals surface area contributed by atoms with E-state index in [4.69, 9.17) is 0 Å². The van der Waals surface area contributed by atoms with Gasteiger partial charge in [-0.3, -0.25) is 4.90 Å². The van der Waals surface area contributed by atoms with Gasteiger partial charge in [-0.25, -0.2) is 4.79 Å². The molecule has 4 unspecified atom stereocenters. The Morgan fingerprint density at radius 3 is 2.79 bits per heavy atom. The monoisotopic (exact) mass is 400 g/mol. The molecule has 0 aromatic carbocycles. The van der Waals surface area contributed by atoms with E-state index in [2.05, 4.69) is 52.9 Å². The average Bonchev–Trinajstić information content (AvgIpc) is 3.22. The van der Waals surface area contributed by atoms with Crippen molar-refractivity contribution >= 4 is 6.03 Å². The lowest BCUT2D eigenvalue weighted by atomic mass is 9.49. The number of allylic oxidation sites excluding steroid dienone is 3.